The number of rotatable bonds is 3. The molecule has 0 bridgehead atoms. The summed E-state index contributed by atoms with van der Waals surface area (Å²) in [5, 5.41) is -0.0153. The second-order valence-electron chi connectivity index (χ2n) is 4.18. The van der Waals surface area contributed by atoms with Crippen LogP contribution in [0, 0.1) is 0 Å². The first-order chi connectivity index (χ1) is 8.52. The van der Waals surface area contributed by atoms with Crippen LogP contribution < -0.4 is 0 Å². The second kappa shape index (κ2) is 4.94. The Hall–Kier alpha value is -1.62. The highest BCUT2D eigenvalue weighted by Crippen LogP contribution is 2.25. The van der Waals surface area contributed by atoms with Gasteiger partial charge >= 0.3 is 0 Å². The van der Waals surface area contributed by atoms with Crippen LogP contribution in [0.1, 0.15) is 34.6 Å². The van der Waals surface area contributed by atoms with Gasteiger partial charge in [-0.3, -0.25) is 19.3 Å². The van der Waals surface area contributed by atoms with Crippen molar-refractivity contribution in [3.8, 4) is 0 Å². The van der Waals surface area contributed by atoms with Crippen LogP contribution in [0.25, 0.3) is 0 Å². The Morgan fingerprint density at radius 1 is 1.22 bits per heavy atom. The summed E-state index contributed by atoms with van der Waals surface area (Å²) in [4.78, 5) is 36.4. The standard InChI is InChI=1S/C13H13NO3S/c1-8(7-18-9(2)15)14-12(16)10-5-3-4-6-11(10)13(14)17/h3-6,8H,7H2,1-2H3/t8-/m0/s1. The fourth-order valence-corrected chi connectivity index (χ4v) is 2.55. The average molecular weight is 263 g/mol. The van der Waals surface area contributed by atoms with Crippen molar-refractivity contribution >= 4 is 28.7 Å². The highest BCUT2D eigenvalue weighted by molar-refractivity contribution is 8.13. The minimum absolute atomic E-state index is 0.0153. The van der Waals surface area contributed by atoms with Gasteiger partial charge in [0.15, 0.2) is 5.12 Å². The maximum atomic E-state index is 12.1. The van der Waals surface area contributed by atoms with E-state index in [0.29, 0.717) is 16.9 Å². The molecule has 1 aliphatic heterocycles. The minimum Gasteiger partial charge on any atom is -0.288 e. The van der Waals surface area contributed by atoms with E-state index in [2.05, 4.69) is 0 Å². The fraction of sp³-hybridized carbons (Fsp3) is 0.308. The third-order valence-corrected chi connectivity index (χ3v) is 3.85. The highest BCUT2D eigenvalue weighted by atomic mass is 32.2. The van der Waals surface area contributed by atoms with Gasteiger partial charge in [-0.25, -0.2) is 0 Å². The Morgan fingerprint density at radius 2 is 1.72 bits per heavy atom. The topological polar surface area (TPSA) is 54.5 Å². The molecule has 2 rings (SSSR count). The smallest absolute Gasteiger partial charge is 0.261 e. The summed E-state index contributed by atoms with van der Waals surface area (Å²) in [5.74, 6) is -0.111. The van der Waals surface area contributed by atoms with Crippen LogP contribution in [0.5, 0.6) is 0 Å². The number of thioether (sulfide) groups is 1. The maximum Gasteiger partial charge on any atom is 0.261 e. The molecule has 5 heteroatoms. The Morgan fingerprint density at radius 3 is 2.17 bits per heavy atom. The summed E-state index contributed by atoms with van der Waals surface area (Å²) >= 11 is 1.12. The largest absolute Gasteiger partial charge is 0.288 e. The highest BCUT2D eigenvalue weighted by Gasteiger charge is 2.37. The molecule has 1 aromatic rings. The quantitative estimate of drug-likeness (QED) is 0.782. The van der Waals surface area contributed by atoms with Gasteiger partial charge in [-0.05, 0) is 19.1 Å². The van der Waals surface area contributed by atoms with Crippen molar-refractivity contribution in [1.29, 1.82) is 0 Å². The lowest BCUT2D eigenvalue weighted by Crippen LogP contribution is -2.39. The summed E-state index contributed by atoms with van der Waals surface area (Å²) < 4.78 is 0. The molecule has 0 N–H and O–H groups in total. The summed E-state index contributed by atoms with van der Waals surface area (Å²) in [6, 6.07) is 6.50. The summed E-state index contributed by atoms with van der Waals surface area (Å²) in [7, 11) is 0. The van der Waals surface area contributed by atoms with Crippen molar-refractivity contribution < 1.29 is 14.4 Å². The van der Waals surface area contributed by atoms with E-state index in [1.807, 2.05) is 0 Å². The number of benzene rings is 1. The van der Waals surface area contributed by atoms with Crippen molar-refractivity contribution in [3.05, 3.63) is 35.4 Å². The molecule has 1 aromatic carbocycles. The Labute approximate surface area is 109 Å². The van der Waals surface area contributed by atoms with E-state index < -0.39 is 0 Å². The van der Waals surface area contributed by atoms with Gasteiger partial charge in [-0.1, -0.05) is 23.9 Å². The lowest BCUT2D eigenvalue weighted by Gasteiger charge is -2.21. The Balaban J connectivity index is 2.20. The van der Waals surface area contributed by atoms with Crippen LogP contribution in [-0.2, 0) is 4.79 Å². The van der Waals surface area contributed by atoms with E-state index in [4.69, 9.17) is 0 Å². The number of carbonyl (C=O) groups excluding carboxylic acids is 3. The predicted molar refractivity (Wildman–Crippen MR) is 69.5 cm³/mol. The van der Waals surface area contributed by atoms with Crippen LogP contribution >= 0.6 is 11.8 Å². The van der Waals surface area contributed by atoms with Crippen LogP contribution in [0.4, 0.5) is 0 Å². The first-order valence-corrected chi connectivity index (χ1v) is 6.61. The second-order valence-corrected chi connectivity index (χ2v) is 5.37. The van der Waals surface area contributed by atoms with Gasteiger partial charge < -0.3 is 0 Å². The van der Waals surface area contributed by atoms with E-state index in [9.17, 15) is 14.4 Å². The molecule has 1 atom stereocenters. The van der Waals surface area contributed by atoms with Crippen LogP contribution in [0.15, 0.2) is 24.3 Å². The van der Waals surface area contributed by atoms with Gasteiger partial charge in [-0.2, -0.15) is 0 Å². The van der Waals surface area contributed by atoms with Crippen molar-refractivity contribution in [2.45, 2.75) is 19.9 Å². The average Bonchev–Trinajstić information content (AvgIpc) is 2.60. The third-order valence-electron chi connectivity index (χ3n) is 2.79. The molecule has 0 saturated carbocycles. The SMILES string of the molecule is CC(=O)SC[C@H](C)N1C(=O)c2ccccc2C1=O. The molecule has 0 radical (unpaired) electrons. The molecular formula is C13H13NO3S. The molecule has 94 valence electrons. The number of fused-ring (bicyclic) bond motifs is 1. The Bertz CT molecular complexity index is 492. The van der Waals surface area contributed by atoms with Crippen LogP contribution in [-0.4, -0.2) is 33.6 Å². The predicted octanol–water partition coefficient (Wildman–Crippen LogP) is 1.95. The Kier molecular flexibility index (Phi) is 3.52. The van der Waals surface area contributed by atoms with Gasteiger partial charge in [0.2, 0.25) is 0 Å². The van der Waals surface area contributed by atoms with Crippen LogP contribution in [0.2, 0.25) is 0 Å². The zero-order chi connectivity index (χ0) is 13.3. The molecule has 1 heterocycles. The monoisotopic (exact) mass is 263 g/mol. The zero-order valence-corrected chi connectivity index (χ0v) is 11.0. The van der Waals surface area contributed by atoms with Gasteiger partial charge in [0.1, 0.15) is 0 Å². The summed E-state index contributed by atoms with van der Waals surface area (Å²) in [6.07, 6.45) is 0. The van der Waals surface area contributed by atoms with E-state index in [1.165, 1.54) is 11.8 Å². The first-order valence-electron chi connectivity index (χ1n) is 5.62. The summed E-state index contributed by atoms with van der Waals surface area (Å²) in [6.45, 7) is 3.25. The molecule has 0 fully saturated rings. The van der Waals surface area contributed by atoms with Gasteiger partial charge in [-0.15, -0.1) is 0 Å². The minimum atomic E-state index is -0.286. The molecule has 0 saturated heterocycles. The lowest BCUT2D eigenvalue weighted by molar-refractivity contribution is -0.109. The number of carbonyl (C=O) groups is 3. The number of hydrogen-bond acceptors (Lipinski definition) is 4. The van der Waals surface area contributed by atoms with E-state index in [-0.39, 0.29) is 23.0 Å². The molecule has 1 aliphatic rings. The number of amides is 2. The van der Waals surface area contributed by atoms with Crippen molar-refractivity contribution in [1.82, 2.24) is 4.90 Å². The molecule has 0 unspecified atom stereocenters. The van der Waals surface area contributed by atoms with Crippen molar-refractivity contribution in [2.24, 2.45) is 0 Å². The first kappa shape index (κ1) is 12.8. The number of imide groups is 1. The van der Waals surface area contributed by atoms with Crippen LogP contribution in [0.3, 0.4) is 0 Å². The van der Waals surface area contributed by atoms with Gasteiger partial charge in [0, 0.05) is 18.7 Å². The molecule has 0 aliphatic carbocycles. The third kappa shape index (κ3) is 2.18. The lowest BCUT2D eigenvalue weighted by atomic mass is 10.1. The molecule has 4 nitrogen and oxygen atoms in total. The fourth-order valence-electron chi connectivity index (χ4n) is 1.92. The van der Waals surface area contributed by atoms with E-state index >= 15 is 0 Å². The summed E-state index contributed by atoms with van der Waals surface area (Å²) in [5.41, 5.74) is 0.893. The van der Waals surface area contributed by atoms with Crippen molar-refractivity contribution in [2.75, 3.05) is 5.75 Å². The molecule has 0 spiro atoms. The van der Waals surface area contributed by atoms with E-state index in [1.54, 1.807) is 31.2 Å². The normalized spacial score (nSPS) is 15.8. The molecule has 18 heavy (non-hydrogen) atoms. The van der Waals surface area contributed by atoms with Crippen molar-refractivity contribution in [3.63, 3.8) is 0 Å². The molecule has 0 aromatic heterocycles. The van der Waals surface area contributed by atoms with Gasteiger partial charge in [0.25, 0.3) is 11.8 Å². The number of nitrogens with zero attached hydrogens (tertiary/aromatic N) is 1. The van der Waals surface area contributed by atoms with E-state index in [0.717, 1.165) is 11.8 Å². The molecular weight excluding hydrogens is 250 g/mol. The zero-order valence-electron chi connectivity index (χ0n) is 10.2. The maximum absolute atomic E-state index is 12.1. The molecule has 2 amide bonds. The van der Waals surface area contributed by atoms with Gasteiger partial charge in [0.05, 0.1) is 11.1 Å². The number of hydrogen-bond donors (Lipinski definition) is 0.